The van der Waals surface area contributed by atoms with Gasteiger partial charge in [0.15, 0.2) is 0 Å². The lowest BCUT2D eigenvalue weighted by molar-refractivity contribution is 0.207. The number of hydrogen-bond acceptors (Lipinski definition) is 3. The highest BCUT2D eigenvalue weighted by Crippen LogP contribution is 2.34. The van der Waals surface area contributed by atoms with E-state index >= 15 is 0 Å². The molecular formula is C19H22N2O3. The van der Waals surface area contributed by atoms with E-state index in [1.54, 1.807) is 14.2 Å². The number of likely N-dealkylation sites (tertiary alicyclic amines) is 1. The van der Waals surface area contributed by atoms with Gasteiger partial charge in [0.25, 0.3) is 0 Å². The van der Waals surface area contributed by atoms with E-state index in [0.717, 1.165) is 30.7 Å². The quantitative estimate of drug-likeness (QED) is 0.921. The fourth-order valence-electron chi connectivity index (χ4n) is 3.14. The van der Waals surface area contributed by atoms with Gasteiger partial charge in [-0.1, -0.05) is 24.3 Å². The van der Waals surface area contributed by atoms with Crippen LogP contribution in [-0.4, -0.2) is 31.7 Å². The molecule has 0 aromatic heterocycles. The molecule has 0 bridgehead atoms. The lowest BCUT2D eigenvalue weighted by atomic mass is 10.0. The van der Waals surface area contributed by atoms with Crippen molar-refractivity contribution in [3.63, 3.8) is 0 Å². The van der Waals surface area contributed by atoms with Gasteiger partial charge in [-0.15, -0.1) is 0 Å². The van der Waals surface area contributed by atoms with Crippen molar-refractivity contribution in [3.05, 3.63) is 54.1 Å². The van der Waals surface area contributed by atoms with Crippen LogP contribution >= 0.6 is 0 Å². The van der Waals surface area contributed by atoms with Crippen LogP contribution in [0.5, 0.6) is 11.5 Å². The van der Waals surface area contributed by atoms with Gasteiger partial charge in [0, 0.05) is 6.54 Å². The zero-order valence-corrected chi connectivity index (χ0v) is 14.0. The Kier molecular flexibility index (Phi) is 4.89. The largest absolute Gasteiger partial charge is 0.497 e. The lowest BCUT2D eigenvalue weighted by Crippen LogP contribution is -2.34. The summed E-state index contributed by atoms with van der Waals surface area (Å²) >= 11 is 0. The smallest absolute Gasteiger partial charge is 0.322 e. The van der Waals surface area contributed by atoms with Crippen molar-refractivity contribution in [1.82, 2.24) is 4.90 Å². The molecular weight excluding hydrogens is 304 g/mol. The number of nitrogens with zero attached hydrogens (tertiary/aromatic N) is 1. The van der Waals surface area contributed by atoms with Crippen LogP contribution in [0.4, 0.5) is 10.5 Å². The number of para-hydroxylation sites is 2. The number of urea groups is 1. The molecule has 5 heteroatoms. The summed E-state index contributed by atoms with van der Waals surface area (Å²) < 4.78 is 10.6. The van der Waals surface area contributed by atoms with Crippen LogP contribution in [0.25, 0.3) is 0 Å². The zero-order chi connectivity index (χ0) is 16.9. The highest BCUT2D eigenvalue weighted by molar-refractivity contribution is 5.91. The van der Waals surface area contributed by atoms with Crippen molar-refractivity contribution in [2.24, 2.45) is 0 Å². The zero-order valence-electron chi connectivity index (χ0n) is 14.0. The third kappa shape index (κ3) is 3.30. The fourth-order valence-corrected chi connectivity index (χ4v) is 3.14. The van der Waals surface area contributed by atoms with Crippen LogP contribution in [0.15, 0.2) is 48.5 Å². The van der Waals surface area contributed by atoms with Crippen LogP contribution in [0.2, 0.25) is 0 Å². The molecule has 1 aliphatic heterocycles. The molecule has 1 saturated heterocycles. The van der Waals surface area contributed by atoms with Crippen molar-refractivity contribution in [2.75, 3.05) is 26.1 Å². The standard InChI is InChI=1S/C19H22N2O3/c1-23-15-8-5-7-14(13-15)17-10-6-12-21(17)19(22)20-16-9-3-4-11-18(16)24-2/h3-5,7-9,11,13,17H,6,10,12H2,1-2H3,(H,20,22). The van der Waals surface area contributed by atoms with E-state index in [4.69, 9.17) is 9.47 Å². The third-order valence-electron chi connectivity index (χ3n) is 4.34. The monoisotopic (exact) mass is 326 g/mol. The predicted octanol–water partition coefficient (Wildman–Crippen LogP) is 4.07. The molecule has 5 nitrogen and oxygen atoms in total. The van der Waals surface area contributed by atoms with E-state index < -0.39 is 0 Å². The second-order valence-electron chi connectivity index (χ2n) is 5.76. The summed E-state index contributed by atoms with van der Waals surface area (Å²) in [5, 5.41) is 2.96. The molecule has 0 saturated carbocycles. The van der Waals surface area contributed by atoms with Gasteiger partial charge in [0.1, 0.15) is 11.5 Å². The first-order valence-electron chi connectivity index (χ1n) is 8.07. The minimum atomic E-state index is -0.107. The number of amides is 2. The first-order valence-corrected chi connectivity index (χ1v) is 8.07. The molecule has 126 valence electrons. The molecule has 1 N–H and O–H groups in total. The summed E-state index contributed by atoms with van der Waals surface area (Å²) in [4.78, 5) is 14.6. The summed E-state index contributed by atoms with van der Waals surface area (Å²) in [6.45, 7) is 0.739. The van der Waals surface area contributed by atoms with E-state index in [9.17, 15) is 4.79 Å². The van der Waals surface area contributed by atoms with E-state index in [0.29, 0.717) is 11.4 Å². The predicted molar refractivity (Wildman–Crippen MR) is 93.7 cm³/mol. The van der Waals surface area contributed by atoms with Crippen LogP contribution in [0.3, 0.4) is 0 Å². The van der Waals surface area contributed by atoms with Gasteiger partial charge in [-0.3, -0.25) is 0 Å². The van der Waals surface area contributed by atoms with Gasteiger partial charge in [0.05, 0.1) is 25.9 Å². The molecule has 1 atom stereocenters. The number of anilines is 1. The summed E-state index contributed by atoms with van der Waals surface area (Å²) in [7, 11) is 3.25. The van der Waals surface area contributed by atoms with Crippen molar-refractivity contribution in [1.29, 1.82) is 0 Å². The molecule has 2 aromatic carbocycles. The minimum Gasteiger partial charge on any atom is -0.497 e. The number of carbonyl (C=O) groups is 1. The average Bonchev–Trinajstić information content (AvgIpc) is 3.12. The molecule has 1 aliphatic rings. The normalized spacial score (nSPS) is 16.8. The molecule has 2 aromatic rings. The average molecular weight is 326 g/mol. The first kappa shape index (κ1) is 16.2. The Balaban J connectivity index is 1.78. The first-order chi connectivity index (χ1) is 11.7. The summed E-state index contributed by atoms with van der Waals surface area (Å²) in [6.07, 6.45) is 1.94. The second kappa shape index (κ2) is 7.25. The van der Waals surface area contributed by atoms with Crippen LogP contribution in [0, 0.1) is 0 Å². The third-order valence-corrected chi connectivity index (χ3v) is 4.34. The maximum absolute atomic E-state index is 12.7. The minimum absolute atomic E-state index is 0.0646. The molecule has 1 unspecified atom stereocenters. The molecule has 1 fully saturated rings. The number of carbonyl (C=O) groups excluding carboxylic acids is 1. The number of methoxy groups -OCH3 is 2. The molecule has 2 amide bonds. The molecule has 1 heterocycles. The van der Waals surface area contributed by atoms with Gasteiger partial charge >= 0.3 is 6.03 Å². The maximum atomic E-state index is 12.7. The SMILES string of the molecule is COc1cccc(C2CCCN2C(=O)Nc2ccccc2OC)c1. The van der Waals surface area contributed by atoms with E-state index in [1.165, 1.54) is 0 Å². The van der Waals surface area contributed by atoms with E-state index in [2.05, 4.69) is 5.32 Å². The lowest BCUT2D eigenvalue weighted by Gasteiger charge is -2.26. The summed E-state index contributed by atoms with van der Waals surface area (Å²) in [5.74, 6) is 1.47. The second-order valence-corrected chi connectivity index (χ2v) is 5.76. The van der Waals surface area contributed by atoms with Crippen molar-refractivity contribution >= 4 is 11.7 Å². The summed E-state index contributed by atoms with van der Waals surface area (Å²) in [5.41, 5.74) is 1.78. The Morgan fingerprint density at radius 1 is 1.12 bits per heavy atom. The number of benzene rings is 2. The molecule has 0 spiro atoms. The Bertz CT molecular complexity index is 717. The number of rotatable bonds is 4. The molecule has 0 radical (unpaired) electrons. The number of ether oxygens (including phenoxy) is 2. The highest BCUT2D eigenvalue weighted by Gasteiger charge is 2.30. The van der Waals surface area contributed by atoms with Gasteiger partial charge in [-0.05, 0) is 42.7 Å². The number of nitrogens with one attached hydrogen (secondary N) is 1. The van der Waals surface area contributed by atoms with Crippen molar-refractivity contribution < 1.29 is 14.3 Å². The number of hydrogen-bond donors (Lipinski definition) is 1. The van der Waals surface area contributed by atoms with Crippen LogP contribution < -0.4 is 14.8 Å². The van der Waals surface area contributed by atoms with Crippen molar-refractivity contribution in [3.8, 4) is 11.5 Å². The Labute approximate surface area is 142 Å². The van der Waals surface area contributed by atoms with Gasteiger partial charge in [-0.25, -0.2) is 4.79 Å². The van der Waals surface area contributed by atoms with Gasteiger partial charge in [-0.2, -0.15) is 0 Å². The van der Waals surface area contributed by atoms with Gasteiger partial charge in [0.2, 0.25) is 0 Å². The van der Waals surface area contributed by atoms with Crippen LogP contribution in [-0.2, 0) is 0 Å². The Morgan fingerprint density at radius 3 is 2.75 bits per heavy atom. The molecule has 3 rings (SSSR count). The Morgan fingerprint density at radius 2 is 1.96 bits per heavy atom. The molecule has 24 heavy (non-hydrogen) atoms. The summed E-state index contributed by atoms with van der Waals surface area (Å²) in [6, 6.07) is 15.3. The van der Waals surface area contributed by atoms with Crippen LogP contribution in [0.1, 0.15) is 24.4 Å². The van der Waals surface area contributed by atoms with E-state index in [-0.39, 0.29) is 12.1 Å². The van der Waals surface area contributed by atoms with E-state index in [1.807, 2.05) is 53.4 Å². The topological polar surface area (TPSA) is 50.8 Å². The maximum Gasteiger partial charge on any atom is 0.322 e. The Hall–Kier alpha value is -2.69. The van der Waals surface area contributed by atoms with Gasteiger partial charge < -0.3 is 19.7 Å². The van der Waals surface area contributed by atoms with Crippen molar-refractivity contribution in [2.45, 2.75) is 18.9 Å². The fraction of sp³-hybridized carbons (Fsp3) is 0.316. The highest BCUT2D eigenvalue weighted by atomic mass is 16.5. The molecule has 0 aliphatic carbocycles.